The largest absolute Gasteiger partial charge is 0.348 e. The van der Waals surface area contributed by atoms with E-state index in [1.54, 1.807) is 4.90 Å². The van der Waals surface area contributed by atoms with Gasteiger partial charge >= 0.3 is 0 Å². The molecule has 1 aromatic heterocycles. The molecule has 0 spiro atoms. The fraction of sp³-hybridized carbons (Fsp3) is 0.360. The molecule has 0 radical (unpaired) electrons. The summed E-state index contributed by atoms with van der Waals surface area (Å²) in [7, 11) is 5.68. The standard InChI is InChI=1S/C25H30N4O/c1-27(2)24(30)25(12-13-29(19-25)18-21-16-26-28(3)17-21)15-20-8-7-11-23(14-20)22-9-5-4-6-10-22/h4-11,14,16-17H,12-13,15,18-19H2,1-3H3. The monoisotopic (exact) mass is 402 g/mol. The number of amides is 1. The van der Waals surface area contributed by atoms with Crippen LogP contribution >= 0.6 is 0 Å². The average Bonchev–Trinajstić information content (AvgIpc) is 3.35. The van der Waals surface area contributed by atoms with Crippen molar-refractivity contribution < 1.29 is 4.79 Å². The van der Waals surface area contributed by atoms with Crippen molar-refractivity contribution in [3.05, 3.63) is 78.1 Å². The van der Waals surface area contributed by atoms with Gasteiger partial charge in [0.15, 0.2) is 0 Å². The zero-order chi connectivity index (χ0) is 21.1. The fourth-order valence-corrected chi connectivity index (χ4v) is 4.66. The van der Waals surface area contributed by atoms with Gasteiger partial charge in [0.2, 0.25) is 5.91 Å². The third-order valence-corrected chi connectivity index (χ3v) is 6.03. The first kappa shape index (κ1) is 20.4. The quantitative estimate of drug-likeness (QED) is 0.633. The molecule has 1 fully saturated rings. The molecule has 0 N–H and O–H groups in total. The van der Waals surface area contributed by atoms with Crippen LogP contribution in [-0.4, -0.2) is 52.7 Å². The molecule has 1 unspecified atom stereocenters. The minimum absolute atomic E-state index is 0.223. The van der Waals surface area contributed by atoms with Crippen LogP contribution in [-0.2, 0) is 24.8 Å². The van der Waals surface area contributed by atoms with Gasteiger partial charge in [0.1, 0.15) is 0 Å². The molecule has 0 saturated carbocycles. The summed E-state index contributed by atoms with van der Waals surface area (Å²) in [5.74, 6) is 0.223. The molecule has 4 rings (SSSR count). The smallest absolute Gasteiger partial charge is 0.229 e. The van der Waals surface area contributed by atoms with Crippen molar-refractivity contribution in [3.8, 4) is 11.1 Å². The molecule has 156 valence electrons. The molecular weight excluding hydrogens is 372 g/mol. The number of hydrogen-bond acceptors (Lipinski definition) is 3. The second-order valence-corrected chi connectivity index (χ2v) is 8.71. The summed E-state index contributed by atoms with van der Waals surface area (Å²) < 4.78 is 1.83. The van der Waals surface area contributed by atoms with Gasteiger partial charge in [0.05, 0.1) is 11.6 Å². The van der Waals surface area contributed by atoms with Crippen molar-refractivity contribution in [1.82, 2.24) is 19.6 Å². The van der Waals surface area contributed by atoms with Crippen LogP contribution in [0.15, 0.2) is 67.0 Å². The summed E-state index contributed by atoms with van der Waals surface area (Å²) in [5, 5.41) is 4.28. The van der Waals surface area contributed by atoms with Crippen molar-refractivity contribution in [2.45, 2.75) is 19.4 Å². The summed E-state index contributed by atoms with van der Waals surface area (Å²) in [6.45, 7) is 2.53. The number of carbonyl (C=O) groups is 1. The lowest BCUT2D eigenvalue weighted by Crippen LogP contribution is -2.43. The molecule has 2 heterocycles. The van der Waals surface area contributed by atoms with E-state index in [-0.39, 0.29) is 11.3 Å². The molecule has 5 heteroatoms. The number of aromatic nitrogens is 2. The molecule has 0 bridgehead atoms. The predicted molar refractivity (Wildman–Crippen MR) is 120 cm³/mol. The molecule has 1 saturated heterocycles. The highest BCUT2D eigenvalue weighted by atomic mass is 16.2. The van der Waals surface area contributed by atoms with Crippen molar-refractivity contribution in [1.29, 1.82) is 0 Å². The van der Waals surface area contributed by atoms with Crippen LogP contribution in [0.4, 0.5) is 0 Å². The SMILES string of the molecule is CN(C)C(=O)C1(Cc2cccc(-c3ccccc3)c2)CCN(Cc2cnn(C)c2)C1. The first-order valence-electron chi connectivity index (χ1n) is 10.5. The molecule has 3 aromatic rings. The van der Waals surface area contributed by atoms with Gasteiger partial charge in [0, 0.05) is 46.0 Å². The minimum atomic E-state index is -0.388. The normalized spacial score (nSPS) is 19.2. The third kappa shape index (κ3) is 4.31. The van der Waals surface area contributed by atoms with E-state index in [1.807, 2.05) is 38.1 Å². The summed E-state index contributed by atoms with van der Waals surface area (Å²) in [6, 6.07) is 19.1. The van der Waals surface area contributed by atoms with Gasteiger partial charge in [-0.2, -0.15) is 5.10 Å². The van der Waals surface area contributed by atoms with Gasteiger partial charge in [-0.1, -0.05) is 54.6 Å². The van der Waals surface area contributed by atoms with Gasteiger partial charge in [-0.05, 0) is 36.1 Å². The Kier molecular flexibility index (Phi) is 5.73. The Bertz CT molecular complexity index is 1010. The van der Waals surface area contributed by atoms with E-state index in [0.717, 1.165) is 32.5 Å². The Labute approximate surface area is 178 Å². The van der Waals surface area contributed by atoms with E-state index >= 15 is 0 Å². The van der Waals surface area contributed by atoms with Gasteiger partial charge < -0.3 is 4.90 Å². The number of aryl methyl sites for hydroxylation is 1. The van der Waals surface area contributed by atoms with E-state index in [2.05, 4.69) is 64.7 Å². The maximum atomic E-state index is 13.3. The lowest BCUT2D eigenvalue weighted by molar-refractivity contribution is -0.138. The zero-order valence-electron chi connectivity index (χ0n) is 18.1. The van der Waals surface area contributed by atoms with Crippen LogP contribution < -0.4 is 0 Å². The second-order valence-electron chi connectivity index (χ2n) is 8.71. The Balaban J connectivity index is 1.57. The van der Waals surface area contributed by atoms with Crippen LogP contribution in [0, 0.1) is 5.41 Å². The number of likely N-dealkylation sites (tertiary alicyclic amines) is 1. The third-order valence-electron chi connectivity index (χ3n) is 6.03. The molecule has 2 aromatic carbocycles. The van der Waals surface area contributed by atoms with Crippen molar-refractivity contribution in [2.24, 2.45) is 12.5 Å². The topological polar surface area (TPSA) is 41.4 Å². The van der Waals surface area contributed by atoms with E-state index in [9.17, 15) is 4.79 Å². The number of nitrogens with zero attached hydrogens (tertiary/aromatic N) is 4. The molecule has 1 amide bonds. The van der Waals surface area contributed by atoms with Gasteiger partial charge in [-0.3, -0.25) is 14.4 Å². The van der Waals surface area contributed by atoms with Crippen LogP contribution in [0.3, 0.4) is 0 Å². The van der Waals surface area contributed by atoms with E-state index in [0.29, 0.717) is 0 Å². The van der Waals surface area contributed by atoms with Crippen molar-refractivity contribution in [3.63, 3.8) is 0 Å². The number of carbonyl (C=O) groups excluding carboxylic acids is 1. The van der Waals surface area contributed by atoms with Gasteiger partial charge in [-0.25, -0.2) is 0 Å². The molecule has 30 heavy (non-hydrogen) atoms. The summed E-state index contributed by atoms with van der Waals surface area (Å²) in [6.07, 6.45) is 5.60. The molecule has 1 aliphatic heterocycles. The van der Waals surface area contributed by atoms with Crippen molar-refractivity contribution >= 4 is 5.91 Å². The number of hydrogen-bond donors (Lipinski definition) is 0. The lowest BCUT2D eigenvalue weighted by Gasteiger charge is -2.31. The van der Waals surface area contributed by atoms with Crippen LogP contribution in [0.5, 0.6) is 0 Å². The molecule has 1 aliphatic rings. The van der Waals surface area contributed by atoms with Gasteiger partial charge in [0.25, 0.3) is 0 Å². The Morgan fingerprint density at radius 1 is 1.07 bits per heavy atom. The number of rotatable bonds is 6. The maximum absolute atomic E-state index is 13.3. The minimum Gasteiger partial charge on any atom is -0.348 e. The second kappa shape index (κ2) is 8.44. The van der Waals surface area contributed by atoms with Gasteiger partial charge in [-0.15, -0.1) is 0 Å². The summed E-state index contributed by atoms with van der Waals surface area (Å²) in [5.41, 5.74) is 4.43. The highest BCUT2D eigenvalue weighted by Crippen LogP contribution is 2.37. The first-order chi connectivity index (χ1) is 14.4. The molecular formula is C25H30N4O. The predicted octanol–water partition coefficient (Wildman–Crippen LogP) is 3.61. The molecule has 1 atom stereocenters. The average molecular weight is 403 g/mol. The summed E-state index contributed by atoms with van der Waals surface area (Å²) in [4.78, 5) is 17.5. The van der Waals surface area contributed by atoms with Crippen LogP contribution in [0.25, 0.3) is 11.1 Å². The van der Waals surface area contributed by atoms with Crippen LogP contribution in [0.2, 0.25) is 0 Å². The van der Waals surface area contributed by atoms with E-state index < -0.39 is 0 Å². The van der Waals surface area contributed by atoms with E-state index in [4.69, 9.17) is 0 Å². The first-order valence-corrected chi connectivity index (χ1v) is 10.5. The Morgan fingerprint density at radius 2 is 1.83 bits per heavy atom. The highest BCUT2D eigenvalue weighted by Gasteiger charge is 2.45. The zero-order valence-corrected chi connectivity index (χ0v) is 18.1. The van der Waals surface area contributed by atoms with E-state index in [1.165, 1.54) is 22.3 Å². The molecule has 0 aliphatic carbocycles. The van der Waals surface area contributed by atoms with Crippen LogP contribution in [0.1, 0.15) is 17.5 Å². The fourth-order valence-electron chi connectivity index (χ4n) is 4.66. The number of benzene rings is 2. The maximum Gasteiger partial charge on any atom is 0.229 e. The summed E-state index contributed by atoms with van der Waals surface area (Å²) >= 11 is 0. The lowest BCUT2D eigenvalue weighted by atomic mass is 9.79. The Hall–Kier alpha value is -2.92. The highest BCUT2D eigenvalue weighted by molar-refractivity contribution is 5.83. The molecule has 5 nitrogen and oxygen atoms in total. The van der Waals surface area contributed by atoms with Crippen molar-refractivity contribution in [2.75, 3.05) is 27.2 Å². The Morgan fingerprint density at radius 3 is 2.53 bits per heavy atom.